The minimum Gasteiger partial charge on any atom is -0.263 e. The second-order valence-corrected chi connectivity index (χ2v) is 6.44. The number of nitrogens with one attached hydrogen (secondary N) is 1. The monoisotopic (exact) mass is 364 g/mol. The summed E-state index contributed by atoms with van der Waals surface area (Å²) in [5.74, 6) is 1.29. The minimum absolute atomic E-state index is 0.551. The number of H-pyrrole nitrogens is 1. The molecule has 3 aromatic heterocycles. The molecule has 0 radical (unpaired) electrons. The van der Waals surface area contributed by atoms with E-state index in [4.69, 9.17) is 9.97 Å². The summed E-state index contributed by atoms with van der Waals surface area (Å²) in [6.07, 6.45) is 0. The lowest BCUT2D eigenvalue weighted by Crippen LogP contribution is -1.98. The van der Waals surface area contributed by atoms with E-state index in [1.807, 2.05) is 79.7 Å². The lowest BCUT2D eigenvalue weighted by atomic mass is 10.0. The van der Waals surface area contributed by atoms with Crippen LogP contribution >= 0.6 is 0 Å². The SMILES string of the molecule is Cc1nc(-c2ccc3nc(-c4ccccc4)c(-c4ccccc4)nc3n2)n[nH]1. The van der Waals surface area contributed by atoms with Gasteiger partial charge in [0.2, 0.25) is 0 Å². The highest BCUT2D eigenvalue weighted by Gasteiger charge is 2.15. The van der Waals surface area contributed by atoms with Crippen LogP contribution in [0.4, 0.5) is 0 Å². The van der Waals surface area contributed by atoms with Gasteiger partial charge in [0.1, 0.15) is 17.0 Å². The predicted octanol–water partition coefficient (Wildman–Crippen LogP) is 4.45. The smallest absolute Gasteiger partial charge is 0.199 e. The number of nitrogens with zero attached hydrogens (tertiary/aromatic N) is 5. The van der Waals surface area contributed by atoms with Gasteiger partial charge in [-0.2, -0.15) is 5.10 Å². The molecule has 6 heteroatoms. The molecule has 0 aliphatic heterocycles. The van der Waals surface area contributed by atoms with E-state index in [1.165, 1.54) is 0 Å². The quantitative estimate of drug-likeness (QED) is 0.511. The van der Waals surface area contributed by atoms with E-state index in [-0.39, 0.29) is 0 Å². The molecule has 0 aliphatic rings. The van der Waals surface area contributed by atoms with Crippen LogP contribution in [-0.2, 0) is 0 Å². The standard InChI is InChI=1S/C22H16N6/c1-14-23-22(28-27-14)18-13-12-17-21(25-18)26-20(16-10-6-3-7-11-16)19(24-17)15-8-4-2-5-9-15/h2-13H,1H3,(H,23,27,28). The van der Waals surface area contributed by atoms with E-state index in [0.29, 0.717) is 17.2 Å². The molecular formula is C22H16N6. The molecule has 5 aromatic rings. The number of fused-ring (bicyclic) bond motifs is 1. The number of aryl methyl sites for hydroxylation is 1. The highest BCUT2D eigenvalue weighted by atomic mass is 15.2. The van der Waals surface area contributed by atoms with Crippen molar-refractivity contribution in [3.05, 3.63) is 78.6 Å². The van der Waals surface area contributed by atoms with Crippen LogP contribution in [0.15, 0.2) is 72.8 Å². The normalized spacial score (nSPS) is 11.0. The Morgan fingerprint density at radius 3 is 1.89 bits per heavy atom. The van der Waals surface area contributed by atoms with Crippen LogP contribution < -0.4 is 0 Å². The van der Waals surface area contributed by atoms with Gasteiger partial charge in [0.05, 0.1) is 11.4 Å². The largest absolute Gasteiger partial charge is 0.263 e. The molecule has 2 aromatic carbocycles. The van der Waals surface area contributed by atoms with Gasteiger partial charge in [-0.15, -0.1) is 0 Å². The average Bonchev–Trinajstić information content (AvgIpc) is 3.20. The molecule has 6 nitrogen and oxygen atoms in total. The van der Waals surface area contributed by atoms with E-state index in [2.05, 4.69) is 20.2 Å². The Hall–Kier alpha value is -3.93. The molecule has 0 spiro atoms. The van der Waals surface area contributed by atoms with Crippen molar-refractivity contribution in [1.29, 1.82) is 0 Å². The summed E-state index contributed by atoms with van der Waals surface area (Å²) >= 11 is 0. The first kappa shape index (κ1) is 16.3. The van der Waals surface area contributed by atoms with Crippen molar-refractivity contribution in [3.8, 4) is 34.0 Å². The fraction of sp³-hybridized carbons (Fsp3) is 0.0455. The van der Waals surface area contributed by atoms with Crippen LogP contribution in [0.5, 0.6) is 0 Å². The van der Waals surface area contributed by atoms with Gasteiger partial charge in [0.15, 0.2) is 11.5 Å². The molecule has 134 valence electrons. The molecule has 0 amide bonds. The van der Waals surface area contributed by atoms with Crippen molar-refractivity contribution in [1.82, 2.24) is 30.1 Å². The summed E-state index contributed by atoms with van der Waals surface area (Å²) in [6.45, 7) is 1.86. The molecular weight excluding hydrogens is 348 g/mol. The van der Waals surface area contributed by atoms with Gasteiger partial charge in [0, 0.05) is 11.1 Å². The van der Waals surface area contributed by atoms with Gasteiger partial charge < -0.3 is 0 Å². The third-order valence-corrected chi connectivity index (χ3v) is 4.45. The summed E-state index contributed by atoms with van der Waals surface area (Å²) in [5, 5.41) is 7.04. The second kappa shape index (κ2) is 6.66. The van der Waals surface area contributed by atoms with Gasteiger partial charge in [0.25, 0.3) is 0 Å². The van der Waals surface area contributed by atoms with Gasteiger partial charge in [-0.25, -0.2) is 19.9 Å². The van der Waals surface area contributed by atoms with Crippen LogP contribution in [0.3, 0.4) is 0 Å². The molecule has 3 heterocycles. The van der Waals surface area contributed by atoms with Crippen LogP contribution in [0.2, 0.25) is 0 Å². The van der Waals surface area contributed by atoms with Gasteiger partial charge >= 0.3 is 0 Å². The van der Waals surface area contributed by atoms with Crippen LogP contribution in [0.1, 0.15) is 5.82 Å². The summed E-state index contributed by atoms with van der Waals surface area (Å²) in [4.78, 5) is 18.8. The van der Waals surface area contributed by atoms with E-state index < -0.39 is 0 Å². The van der Waals surface area contributed by atoms with Gasteiger partial charge in [-0.3, -0.25) is 5.10 Å². The Morgan fingerprint density at radius 2 is 1.29 bits per heavy atom. The average molecular weight is 364 g/mol. The summed E-state index contributed by atoms with van der Waals surface area (Å²) in [5.41, 5.74) is 5.62. The maximum Gasteiger partial charge on any atom is 0.199 e. The molecule has 1 N–H and O–H groups in total. The molecule has 0 atom stereocenters. The molecule has 0 fully saturated rings. The highest BCUT2D eigenvalue weighted by molar-refractivity contribution is 5.85. The number of aromatic nitrogens is 6. The number of rotatable bonds is 3. The first-order valence-corrected chi connectivity index (χ1v) is 8.97. The zero-order chi connectivity index (χ0) is 18.9. The Morgan fingerprint density at radius 1 is 0.643 bits per heavy atom. The summed E-state index contributed by atoms with van der Waals surface area (Å²) in [7, 11) is 0. The zero-order valence-electron chi connectivity index (χ0n) is 15.2. The first-order valence-electron chi connectivity index (χ1n) is 8.97. The van der Waals surface area contributed by atoms with Gasteiger partial charge in [-0.1, -0.05) is 60.7 Å². The Balaban J connectivity index is 1.75. The van der Waals surface area contributed by atoms with E-state index in [0.717, 1.165) is 33.9 Å². The molecule has 0 saturated carbocycles. The molecule has 0 saturated heterocycles. The molecule has 0 aliphatic carbocycles. The lowest BCUT2D eigenvalue weighted by Gasteiger charge is -2.10. The number of benzene rings is 2. The van der Waals surface area contributed by atoms with E-state index in [9.17, 15) is 0 Å². The van der Waals surface area contributed by atoms with Crippen molar-refractivity contribution in [3.63, 3.8) is 0 Å². The molecule has 0 unspecified atom stereocenters. The third kappa shape index (κ3) is 2.91. The van der Waals surface area contributed by atoms with Crippen LogP contribution in [-0.4, -0.2) is 30.1 Å². The summed E-state index contributed by atoms with van der Waals surface area (Å²) in [6, 6.07) is 23.9. The molecule has 28 heavy (non-hydrogen) atoms. The number of hydrogen-bond acceptors (Lipinski definition) is 5. The molecule has 5 rings (SSSR count). The fourth-order valence-corrected chi connectivity index (χ4v) is 3.12. The number of pyridine rings is 1. The van der Waals surface area contributed by atoms with Gasteiger partial charge in [-0.05, 0) is 19.1 Å². The third-order valence-electron chi connectivity index (χ3n) is 4.45. The highest BCUT2D eigenvalue weighted by Crippen LogP contribution is 2.30. The van der Waals surface area contributed by atoms with E-state index >= 15 is 0 Å². The Labute approximate surface area is 161 Å². The van der Waals surface area contributed by atoms with Crippen LogP contribution in [0, 0.1) is 6.92 Å². The van der Waals surface area contributed by atoms with Crippen molar-refractivity contribution >= 4 is 11.2 Å². The number of hydrogen-bond donors (Lipinski definition) is 1. The molecule has 0 bridgehead atoms. The van der Waals surface area contributed by atoms with Crippen LogP contribution in [0.25, 0.3) is 45.2 Å². The maximum atomic E-state index is 4.89. The Kier molecular flexibility index (Phi) is 3.87. The van der Waals surface area contributed by atoms with Crippen molar-refractivity contribution in [2.75, 3.05) is 0 Å². The maximum absolute atomic E-state index is 4.89. The fourth-order valence-electron chi connectivity index (χ4n) is 3.12. The second-order valence-electron chi connectivity index (χ2n) is 6.44. The van der Waals surface area contributed by atoms with Crippen molar-refractivity contribution in [2.45, 2.75) is 6.92 Å². The summed E-state index contributed by atoms with van der Waals surface area (Å²) < 4.78 is 0. The van der Waals surface area contributed by atoms with Crippen molar-refractivity contribution < 1.29 is 0 Å². The number of aromatic amines is 1. The van der Waals surface area contributed by atoms with Crippen molar-refractivity contribution in [2.24, 2.45) is 0 Å². The minimum atomic E-state index is 0.551. The Bertz CT molecular complexity index is 1260. The predicted molar refractivity (Wildman–Crippen MR) is 108 cm³/mol. The lowest BCUT2D eigenvalue weighted by molar-refractivity contribution is 1.04. The topological polar surface area (TPSA) is 80.2 Å². The first-order chi connectivity index (χ1) is 13.8. The van der Waals surface area contributed by atoms with E-state index in [1.54, 1.807) is 0 Å². The zero-order valence-corrected chi connectivity index (χ0v) is 15.2.